The second kappa shape index (κ2) is 7.65. The lowest BCUT2D eigenvalue weighted by molar-refractivity contribution is -0.151. The van der Waals surface area contributed by atoms with Crippen LogP contribution in [-0.2, 0) is 14.3 Å². The molecule has 0 unspecified atom stereocenters. The molecule has 2 N–H and O–H groups in total. The van der Waals surface area contributed by atoms with Crippen molar-refractivity contribution in [3.05, 3.63) is 59.7 Å². The molecule has 3 aliphatic carbocycles. The van der Waals surface area contributed by atoms with Crippen LogP contribution in [-0.4, -0.2) is 53.7 Å². The summed E-state index contributed by atoms with van der Waals surface area (Å²) in [6, 6.07) is 16.3. The van der Waals surface area contributed by atoms with Gasteiger partial charge in [-0.2, -0.15) is 0 Å². The number of amides is 2. The smallest absolute Gasteiger partial charge is 0.407 e. The third-order valence-electron chi connectivity index (χ3n) is 7.19. The predicted molar refractivity (Wildman–Crippen MR) is 117 cm³/mol. The zero-order chi connectivity index (χ0) is 22.5. The van der Waals surface area contributed by atoms with Gasteiger partial charge in [0.15, 0.2) is 0 Å². The van der Waals surface area contributed by atoms with Crippen molar-refractivity contribution in [1.82, 2.24) is 10.2 Å². The van der Waals surface area contributed by atoms with Gasteiger partial charge in [-0.05, 0) is 47.4 Å². The van der Waals surface area contributed by atoms with Crippen LogP contribution in [0, 0.1) is 11.8 Å². The lowest BCUT2D eigenvalue weighted by Gasteiger charge is -2.24. The van der Waals surface area contributed by atoms with Gasteiger partial charge in [0.1, 0.15) is 12.1 Å². The number of carbonyl (C=O) groups excluding carboxylic acids is 2. The van der Waals surface area contributed by atoms with Crippen LogP contribution in [0.2, 0.25) is 0 Å². The number of carboxylic acid groups (broad SMARTS) is 1. The van der Waals surface area contributed by atoms with E-state index in [9.17, 15) is 19.5 Å². The largest absolute Gasteiger partial charge is 0.479 e. The molecule has 0 aromatic heterocycles. The summed E-state index contributed by atoms with van der Waals surface area (Å²) in [5, 5.41) is 12.1. The van der Waals surface area contributed by atoms with E-state index in [1.54, 1.807) is 7.05 Å². The van der Waals surface area contributed by atoms with Gasteiger partial charge in [-0.3, -0.25) is 4.79 Å². The third-order valence-corrected chi connectivity index (χ3v) is 7.19. The highest BCUT2D eigenvalue weighted by molar-refractivity contribution is 5.91. The first kappa shape index (κ1) is 20.5. The second-order valence-electron chi connectivity index (χ2n) is 9.04. The normalized spacial score (nSPS) is 21.8. The monoisotopic (exact) mass is 434 g/mol. The molecule has 2 amide bonds. The van der Waals surface area contributed by atoms with Gasteiger partial charge in [0.2, 0.25) is 5.91 Å². The van der Waals surface area contributed by atoms with Crippen LogP contribution in [0.25, 0.3) is 11.1 Å². The van der Waals surface area contributed by atoms with Crippen molar-refractivity contribution < 1.29 is 24.2 Å². The molecule has 0 heterocycles. The molecule has 0 bridgehead atoms. The molecule has 32 heavy (non-hydrogen) atoms. The third kappa shape index (κ3) is 3.42. The molecule has 0 aliphatic heterocycles. The molecule has 7 nitrogen and oxygen atoms in total. The first-order valence-electron chi connectivity index (χ1n) is 11.0. The van der Waals surface area contributed by atoms with E-state index in [-0.39, 0.29) is 30.3 Å². The summed E-state index contributed by atoms with van der Waals surface area (Å²) in [4.78, 5) is 37.7. The molecule has 5 rings (SSSR count). The van der Waals surface area contributed by atoms with Gasteiger partial charge in [-0.15, -0.1) is 0 Å². The summed E-state index contributed by atoms with van der Waals surface area (Å²) in [5.74, 6) is -1.30. The van der Waals surface area contributed by atoms with E-state index in [4.69, 9.17) is 4.74 Å². The summed E-state index contributed by atoms with van der Waals surface area (Å²) in [5.41, 5.74) is 3.64. The van der Waals surface area contributed by atoms with Gasteiger partial charge in [-0.25, -0.2) is 9.59 Å². The minimum Gasteiger partial charge on any atom is -0.479 e. The highest BCUT2D eigenvalue weighted by Crippen LogP contribution is 2.47. The van der Waals surface area contributed by atoms with Crippen molar-refractivity contribution in [3.63, 3.8) is 0 Å². The number of carbonyl (C=O) groups is 3. The Labute approximate surface area is 186 Å². The Bertz CT molecular complexity index is 1050. The van der Waals surface area contributed by atoms with Crippen molar-refractivity contribution in [2.75, 3.05) is 20.2 Å². The highest BCUT2D eigenvalue weighted by atomic mass is 16.5. The summed E-state index contributed by atoms with van der Waals surface area (Å²) in [6.07, 6.45) is 1.16. The van der Waals surface area contributed by atoms with Crippen molar-refractivity contribution in [1.29, 1.82) is 0 Å². The zero-order valence-electron chi connectivity index (χ0n) is 17.9. The predicted octanol–water partition coefficient (Wildman–Crippen LogP) is 3.24. The maximum atomic E-state index is 12.6. The molecule has 0 spiro atoms. The Morgan fingerprint density at radius 2 is 1.66 bits per heavy atom. The number of carboxylic acids is 1. The van der Waals surface area contributed by atoms with Crippen LogP contribution in [0.15, 0.2) is 48.5 Å². The van der Waals surface area contributed by atoms with Gasteiger partial charge in [0.05, 0.1) is 0 Å². The van der Waals surface area contributed by atoms with E-state index in [0.717, 1.165) is 11.1 Å². The topological polar surface area (TPSA) is 95.9 Å². The fourth-order valence-corrected chi connectivity index (χ4v) is 4.91. The van der Waals surface area contributed by atoms with Crippen LogP contribution >= 0.6 is 0 Å². The maximum Gasteiger partial charge on any atom is 0.407 e. The quantitative estimate of drug-likeness (QED) is 0.698. The molecule has 2 aromatic rings. The van der Waals surface area contributed by atoms with E-state index in [1.807, 2.05) is 24.3 Å². The van der Waals surface area contributed by atoms with Crippen molar-refractivity contribution in [2.24, 2.45) is 11.8 Å². The van der Waals surface area contributed by atoms with Gasteiger partial charge in [0, 0.05) is 25.4 Å². The Morgan fingerprint density at radius 1 is 1.06 bits per heavy atom. The molecule has 166 valence electrons. The molecule has 2 fully saturated rings. The first-order valence-corrected chi connectivity index (χ1v) is 11.0. The van der Waals surface area contributed by atoms with Crippen LogP contribution in [0.4, 0.5) is 4.79 Å². The zero-order valence-corrected chi connectivity index (χ0v) is 17.9. The average molecular weight is 434 g/mol. The number of hydrogen-bond acceptors (Lipinski definition) is 4. The van der Waals surface area contributed by atoms with Crippen LogP contribution < -0.4 is 5.32 Å². The van der Waals surface area contributed by atoms with Crippen LogP contribution in [0.3, 0.4) is 0 Å². The van der Waals surface area contributed by atoms with Crippen molar-refractivity contribution in [2.45, 2.75) is 30.7 Å². The number of aliphatic carboxylic acids is 1. The Hall–Kier alpha value is -3.35. The van der Waals surface area contributed by atoms with E-state index in [0.29, 0.717) is 25.8 Å². The molecule has 3 aliphatic rings. The van der Waals surface area contributed by atoms with Crippen LogP contribution in [0.5, 0.6) is 0 Å². The number of ether oxygens (including phenoxy) is 1. The highest BCUT2D eigenvalue weighted by Gasteiger charge is 2.58. The number of fused-ring (bicyclic) bond motifs is 3. The van der Waals surface area contributed by atoms with E-state index >= 15 is 0 Å². The molecule has 2 atom stereocenters. The number of hydrogen-bond donors (Lipinski definition) is 2. The Kier molecular flexibility index (Phi) is 4.92. The van der Waals surface area contributed by atoms with E-state index < -0.39 is 17.6 Å². The maximum absolute atomic E-state index is 12.6. The van der Waals surface area contributed by atoms with Crippen molar-refractivity contribution in [3.8, 4) is 11.1 Å². The van der Waals surface area contributed by atoms with Gasteiger partial charge in [0.25, 0.3) is 0 Å². The van der Waals surface area contributed by atoms with E-state index in [1.165, 1.54) is 16.0 Å². The van der Waals surface area contributed by atoms with Gasteiger partial charge >= 0.3 is 12.1 Å². The molecule has 7 heteroatoms. The Balaban J connectivity index is 1.12. The SMILES string of the molecule is CN(C(=O)[C@@H]1C[C@@H]1CNC(=O)OCC1c2ccccc2-c2ccccc21)C1(C(=O)O)CC1. The van der Waals surface area contributed by atoms with E-state index in [2.05, 4.69) is 29.6 Å². The lowest BCUT2D eigenvalue weighted by atomic mass is 9.98. The standard InChI is InChI=1S/C25H26N2O5/c1-27(25(10-11-25)23(29)30)22(28)20-12-15(20)13-26-24(31)32-14-21-18-8-4-2-6-16(18)17-7-3-5-9-19(17)21/h2-9,15,20-21H,10-14H2,1H3,(H,26,31)(H,29,30)/t15-,20-/m1/s1. The summed E-state index contributed by atoms with van der Waals surface area (Å²) >= 11 is 0. The molecular formula is C25H26N2O5. The Morgan fingerprint density at radius 3 is 2.22 bits per heavy atom. The number of nitrogens with zero attached hydrogens (tertiary/aromatic N) is 1. The number of nitrogens with one attached hydrogen (secondary N) is 1. The second-order valence-corrected chi connectivity index (χ2v) is 9.04. The number of rotatable bonds is 7. The molecule has 2 aromatic carbocycles. The summed E-state index contributed by atoms with van der Waals surface area (Å²) < 4.78 is 5.53. The number of likely N-dealkylation sites (N-methyl/N-ethyl adjacent to an activating group) is 1. The number of benzene rings is 2. The average Bonchev–Trinajstić information content (AvgIpc) is 3.72. The first-order chi connectivity index (χ1) is 15.4. The fraction of sp³-hybridized carbons (Fsp3) is 0.400. The molecule has 0 radical (unpaired) electrons. The fourth-order valence-electron chi connectivity index (χ4n) is 4.91. The molecule has 2 saturated carbocycles. The molecule has 0 saturated heterocycles. The lowest BCUT2D eigenvalue weighted by Crippen LogP contribution is -2.45. The van der Waals surface area contributed by atoms with Crippen molar-refractivity contribution >= 4 is 18.0 Å². The molecular weight excluding hydrogens is 408 g/mol. The van der Waals surface area contributed by atoms with Gasteiger partial charge < -0.3 is 20.1 Å². The number of alkyl carbamates (subject to hydrolysis) is 1. The minimum atomic E-state index is -1.02. The summed E-state index contributed by atoms with van der Waals surface area (Å²) in [6.45, 7) is 0.595. The summed E-state index contributed by atoms with van der Waals surface area (Å²) in [7, 11) is 1.57. The van der Waals surface area contributed by atoms with Crippen LogP contribution in [0.1, 0.15) is 36.3 Å². The minimum absolute atomic E-state index is 0.00259. The van der Waals surface area contributed by atoms with Gasteiger partial charge in [-0.1, -0.05) is 48.5 Å².